The van der Waals surface area contributed by atoms with Crippen LogP contribution in [0.2, 0.25) is 5.02 Å². The average molecular weight is 275 g/mol. The van der Waals surface area contributed by atoms with Gasteiger partial charge in [-0.25, -0.2) is 0 Å². The molecule has 94 valence electrons. The van der Waals surface area contributed by atoms with Crippen molar-refractivity contribution in [1.82, 2.24) is 0 Å². The van der Waals surface area contributed by atoms with Crippen molar-refractivity contribution in [2.75, 3.05) is 23.4 Å². The van der Waals surface area contributed by atoms with E-state index in [1.807, 2.05) is 0 Å². The molecule has 1 amide bonds. The Kier molecular flexibility index (Phi) is 6.18. The fourth-order valence-corrected chi connectivity index (χ4v) is 2.39. The molecule has 1 unspecified atom stereocenters. The molecular weight excluding hydrogens is 260 g/mol. The molecule has 0 bridgehead atoms. The summed E-state index contributed by atoms with van der Waals surface area (Å²) in [4.78, 5) is 11.5. The molecule has 1 rings (SSSR count). The topological polar surface area (TPSA) is 72.2 Å². The first kappa shape index (κ1) is 14.2. The predicted molar refractivity (Wildman–Crippen MR) is 71.6 cm³/mol. The second-order valence-electron chi connectivity index (χ2n) is 3.46. The van der Waals surface area contributed by atoms with Crippen molar-refractivity contribution < 1.29 is 9.00 Å². The van der Waals surface area contributed by atoms with Gasteiger partial charge in [-0.1, -0.05) is 23.7 Å². The molecule has 0 saturated carbocycles. The van der Waals surface area contributed by atoms with Crippen LogP contribution in [0.1, 0.15) is 6.42 Å². The molecule has 4 nitrogen and oxygen atoms in total. The molecule has 1 atom stereocenters. The third-order valence-electron chi connectivity index (χ3n) is 2.02. The van der Waals surface area contributed by atoms with Gasteiger partial charge in [0.15, 0.2) is 0 Å². The minimum Gasteiger partial charge on any atom is -0.330 e. The van der Waals surface area contributed by atoms with Crippen molar-refractivity contribution >= 4 is 34.0 Å². The summed E-state index contributed by atoms with van der Waals surface area (Å²) >= 11 is 5.88. The first-order valence-corrected chi connectivity index (χ1v) is 7.09. The van der Waals surface area contributed by atoms with Gasteiger partial charge in [0.2, 0.25) is 5.91 Å². The Balaban J connectivity index is 2.45. The summed E-state index contributed by atoms with van der Waals surface area (Å²) < 4.78 is 11.4. The van der Waals surface area contributed by atoms with Gasteiger partial charge in [0.25, 0.3) is 0 Å². The fraction of sp³-hybridized carbons (Fsp3) is 0.364. The van der Waals surface area contributed by atoms with E-state index in [2.05, 4.69) is 5.32 Å². The maximum Gasteiger partial charge on any atom is 0.237 e. The molecule has 0 aliphatic heterocycles. The van der Waals surface area contributed by atoms with E-state index in [0.717, 1.165) is 0 Å². The number of carbonyl (C=O) groups excluding carboxylic acids is 1. The van der Waals surface area contributed by atoms with Crippen LogP contribution in [0.5, 0.6) is 0 Å². The van der Waals surface area contributed by atoms with Crippen LogP contribution in [0.25, 0.3) is 0 Å². The minimum atomic E-state index is -1.17. The van der Waals surface area contributed by atoms with E-state index >= 15 is 0 Å². The molecule has 1 aromatic rings. The summed E-state index contributed by atoms with van der Waals surface area (Å²) in [7, 11) is -1.17. The Hall–Kier alpha value is -0.910. The molecule has 17 heavy (non-hydrogen) atoms. The second-order valence-corrected chi connectivity index (χ2v) is 5.44. The maximum absolute atomic E-state index is 11.5. The summed E-state index contributed by atoms with van der Waals surface area (Å²) in [6.07, 6.45) is 0.659. The number of carbonyl (C=O) groups is 1. The van der Waals surface area contributed by atoms with Crippen molar-refractivity contribution in [1.29, 1.82) is 0 Å². The Morgan fingerprint density at radius 2 is 2.12 bits per heavy atom. The largest absolute Gasteiger partial charge is 0.330 e. The minimum absolute atomic E-state index is 0.0226. The van der Waals surface area contributed by atoms with Gasteiger partial charge in [0, 0.05) is 16.6 Å². The number of amides is 1. The smallest absolute Gasteiger partial charge is 0.237 e. The highest BCUT2D eigenvalue weighted by molar-refractivity contribution is 7.85. The molecule has 1 aromatic carbocycles. The number of nitrogens with one attached hydrogen (secondary N) is 1. The van der Waals surface area contributed by atoms with Crippen LogP contribution in [0.3, 0.4) is 0 Å². The molecule has 0 aliphatic rings. The summed E-state index contributed by atoms with van der Waals surface area (Å²) in [6, 6.07) is 6.93. The van der Waals surface area contributed by atoms with Gasteiger partial charge in [0.1, 0.15) is 5.75 Å². The van der Waals surface area contributed by atoms with Gasteiger partial charge >= 0.3 is 0 Å². The molecule has 3 N–H and O–H groups in total. The van der Waals surface area contributed by atoms with Crippen LogP contribution in [-0.2, 0) is 15.6 Å². The zero-order chi connectivity index (χ0) is 12.7. The van der Waals surface area contributed by atoms with Crippen molar-refractivity contribution in [3.63, 3.8) is 0 Å². The molecular formula is C11H15ClN2O2S. The van der Waals surface area contributed by atoms with Crippen LogP contribution in [0, 0.1) is 0 Å². The molecule has 0 spiro atoms. The van der Waals surface area contributed by atoms with Crippen LogP contribution in [0.4, 0.5) is 5.69 Å². The first-order valence-electron chi connectivity index (χ1n) is 5.23. The van der Waals surface area contributed by atoms with E-state index < -0.39 is 10.8 Å². The number of hydrogen-bond donors (Lipinski definition) is 2. The third kappa shape index (κ3) is 5.30. The lowest BCUT2D eigenvalue weighted by Gasteiger charge is -2.06. The predicted octanol–water partition coefficient (Wildman–Crippen LogP) is 1.38. The second kappa shape index (κ2) is 7.42. The number of benzene rings is 1. The number of para-hydroxylation sites is 1. The lowest BCUT2D eigenvalue weighted by molar-refractivity contribution is -0.113. The number of rotatable bonds is 6. The molecule has 6 heteroatoms. The summed E-state index contributed by atoms with van der Waals surface area (Å²) in [6.45, 7) is 0.484. The first-order chi connectivity index (χ1) is 8.13. The van der Waals surface area contributed by atoms with Crippen molar-refractivity contribution in [3.05, 3.63) is 29.3 Å². The maximum atomic E-state index is 11.5. The molecule has 0 aliphatic carbocycles. The normalized spacial score (nSPS) is 12.1. The lowest BCUT2D eigenvalue weighted by atomic mass is 10.3. The molecule has 0 saturated heterocycles. The van der Waals surface area contributed by atoms with Gasteiger partial charge in [0.05, 0.1) is 10.7 Å². The highest BCUT2D eigenvalue weighted by atomic mass is 35.5. The number of nitrogens with two attached hydrogens (primary N) is 1. The number of hydrogen-bond acceptors (Lipinski definition) is 3. The van der Waals surface area contributed by atoms with Gasteiger partial charge in [-0.3, -0.25) is 9.00 Å². The lowest BCUT2D eigenvalue weighted by Crippen LogP contribution is -2.21. The van der Waals surface area contributed by atoms with E-state index in [9.17, 15) is 9.00 Å². The monoisotopic (exact) mass is 274 g/mol. The Morgan fingerprint density at radius 3 is 2.76 bits per heavy atom. The van der Waals surface area contributed by atoms with Gasteiger partial charge < -0.3 is 11.1 Å². The van der Waals surface area contributed by atoms with Crippen LogP contribution >= 0.6 is 11.6 Å². The third-order valence-corrected chi connectivity index (χ3v) is 3.67. The van der Waals surface area contributed by atoms with E-state index in [1.165, 1.54) is 0 Å². The van der Waals surface area contributed by atoms with E-state index in [4.69, 9.17) is 17.3 Å². The highest BCUT2D eigenvalue weighted by Crippen LogP contribution is 2.20. The van der Waals surface area contributed by atoms with Crippen LogP contribution < -0.4 is 11.1 Å². The molecule has 0 heterocycles. The Bertz CT molecular complexity index is 412. The van der Waals surface area contributed by atoms with Crippen molar-refractivity contribution in [2.45, 2.75) is 6.42 Å². The summed E-state index contributed by atoms with van der Waals surface area (Å²) in [5.74, 6) is 0.131. The van der Waals surface area contributed by atoms with E-state index in [-0.39, 0.29) is 11.7 Å². The standard InChI is InChI=1S/C11H15ClN2O2S/c12-9-4-1-2-5-10(9)14-11(15)8-17(16)7-3-6-13/h1-2,4-5H,3,6-8,13H2,(H,14,15). The van der Waals surface area contributed by atoms with Crippen molar-refractivity contribution in [3.8, 4) is 0 Å². The summed E-state index contributed by atoms with van der Waals surface area (Å²) in [5.41, 5.74) is 5.84. The fourth-order valence-electron chi connectivity index (χ4n) is 1.21. The van der Waals surface area contributed by atoms with E-state index in [1.54, 1.807) is 24.3 Å². The Labute approximate surface area is 108 Å². The molecule has 0 radical (unpaired) electrons. The van der Waals surface area contributed by atoms with Crippen molar-refractivity contribution in [2.24, 2.45) is 5.73 Å². The summed E-state index contributed by atoms with van der Waals surface area (Å²) in [5, 5.41) is 3.09. The average Bonchev–Trinajstić information content (AvgIpc) is 2.29. The zero-order valence-corrected chi connectivity index (χ0v) is 10.9. The van der Waals surface area contributed by atoms with Crippen LogP contribution in [0.15, 0.2) is 24.3 Å². The van der Waals surface area contributed by atoms with Gasteiger partial charge in [-0.15, -0.1) is 0 Å². The zero-order valence-electron chi connectivity index (χ0n) is 9.32. The Morgan fingerprint density at radius 1 is 1.41 bits per heavy atom. The molecule has 0 fully saturated rings. The van der Waals surface area contributed by atoms with Gasteiger partial charge in [-0.2, -0.15) is 0 Å². The molecule has 0 aromatic heterocycles. The van der Waals surface area contributed by atoms with Gasteiger partial charge in [-0.05, 0) is 25.1 Å². The van der Waals surface area contributed by atoms with Crippen LogP contribution in [-0.4, -0.2) is 28.2 Å². The quantitative estimate of drug-likeness (QED) is 0.823. The van der Waals surface area contributed by atoms with E-state index in [0.29, 0.717) is 29.4 Å². The highest BCUT2D eigenvalue weighted by Gasteiger charge is 2.09. The number of anilines is 1. The number of halogens is 1. The SMILES string of the molecule is NCCCS(=O)CC(=O)Nc1ccccc1Cl.